The summed E-state index contributed by atoms with van der Waals surface area (Å²) in [4.78, 5) is 48.8. The highest BCUT2D eigenvalue weighted by molar-refractivity contribution is 6.39. The first-order valence-electron chi connectivity index (χ1n) is 9.95. The quantitative estimate of drug-likeness (QED) is 0.257. The Kier molecular flexibility index (Phi) is 6.13. The van der Waals surface area contributed by atoms with Crippen LogP contribution in [0.25, 0.3) is 6.08 Å². The topological polar surface area (TPSA) is 119 Å². The minimum Gasteiger partial charge on any atom is -0.488 e. The molecular weight excluding hydrogens is 445 g/mol. The highest BCUT2D eigenvalue weighted by Gasteiger charge is 2.37. The summed E-state index contributed by atoms with van der Waals surface area (Å²) in [5.74, 6) is -1.87. The highest BCUT2D eigenvalue weighted by Crippen LogP contribution is 2.27. The van der Waals surface area contributed by atoms with Crippen LogP contribution >= 0.6 is 0 Å². The molecule has 1 N–H and O–H groups in total. The van der Waals surface area contributed by atoms with Crippen LogP contribution in [0.2, 0.25) is 0 Å². The molecule has 1 aliphatic rings. The summed E-state index contributed by atoms with van der Waals surface area (Å²) < 4.78 is 19.2. The van der Waals surface area contributed by atoms with Crippen molar-refractivity contribution in [3.63, 3.8) is 0 Å². The van der Waals surface area contributed by atoms with E-state index >= 15 is 0 Å². The molecule has 0 aromatic heterocycles. The number of non-ortho nitro benzene ring substituents is 1. The van der Waals surface area contributed by atoms with Crippen LogP contribution in [0.3, 0.4) is 0 Å². The molecule has 4 rings (SSSR count). The molecule has 4 amide bonds. The van der Waals surface area contributed by atoms with Gasteiger partial charge in [0, 0.05) is 17.7 Å². The Hall–Kier alpha value is -4.86. The summed E-state index contributed by atoms with van der Waals surface area (Å²) in [6.45, 7) is 0.0471. The first kappa shape index (κ1) is 22.3. The Morgan fingerprint density at radius 1 is 1.00 bits per heavy atom. The zero-order chi connectivity index (χ0) is 24.2. The molecule has 0 bridgehead atoms. The number of para-hydroxylation sites is 1. The normalized spacial score (nSPS) is 14.8. The van der Waals surface area contributed by atoms with Crippen molar-refractivity contribution in [2.24, 2.45) is 0 Å². The third-order valence-corrected chi connectivity index (χ3v) is 4.92. The number of ether oxygens (including phenoxy) is 1. The standard InChI is InChI=1S/C24H16FN3O6/c25-17-6-3-4-15(12-17)14-34-21-7-2-1-5-16(21)13-20-22(29)26-24(31)27(23(20)30)18-8-10-19(11-9-18)28(32)33/h1-13H,14H2,(H,26,29,31)/b20-13-. The number of nitrogens with one attached hydrogen (secondary N) is 1. The molecule has 9 nitrogen and oxygen atoms in total. The van der Waals surface area contributed by atoms with Crippen LogP contribution in [0, 0.1) is 15.9 Å². The van der Waals surface area contributed by atoms with Gasteiger partial charge in [0.05, 0.1) is 10.6 Å². The summed E-state index contributed by atoms with van der Waals surface area (Å²) in [7, 11) is 0. The number of hydrogen-bond acceptors (Lipinski definition) is 6. The SMILES string of the molecule is O=C1NC(=O)N(c2ccc([N+](=O)[O-])cc2)C(=O)/C1=C\c1ccccc1OCc1cccc(F)c1. The minimum absolute atomic E-state index is 0.0471. The number of nitrogens with zero attached hydrogens (tertiary/aromatic N) is 2. The van der Waals surface area contributed by atoms with Gasteiger partial charge in [-0.25, -0.2) is 14.1 Å². The Bertz CT molecular complexity index is 1340. The van der Waals surface area contributed by atoms with Crippen LogP contribution in [0.15, 0.2) is 78.4 Å². The second-order valence-corrected chi connectivity index (χ2v) is 7.19. The summed E-state index contributed by atoms with van der Waals surface area (Å²) in [5.41, 5.74) is 0.478. The van der Waals surface area contributed by atoms with E-state index in [-0.39, 0.29) is 23.6 Å². The molecule has 1 heterocycles. The van der Waals surface area contributed by atoms with Gasteiger partial charge in [-0.2, -0.15) is 0 Å². The van der Waals surface area contributed by atoms with Crippen LogP contribution in [-0.2, 0) is 16.2 Å². The molecule has 0 aliphatic carbocycles. The summed E-state index contributed by atoms with van der Waals surface area (Å²) >= 11 is 0. The van der Waals surface area contributed by atoms with Crippen molar-refractivity contribution in [1.82, 2.24) is 5.32 Å². The first-order valence-corrected chi connectivity index (χ1v) is 9.95. The molecule has 3 aromatic rings. The van der Waals surface area contributed by atoms with Gasteiger partial charge in [-0.1, -0.05) is 30.3 Å². The number of benzene rings is 3. The number of anilines is 1. The molecule has 0 spiro atoms. The fourth-order valence-electron chi connectivity index (χ4n) is 3.29. The van der Waals surface area contributed by atoms with Crippen LogP contribution in [0.5, 0.6) is 5.75 Å². The van der Waals surface area contributed by atoms with Crippen molar-refractivity contribution < 1.29 is 28.4 Å². The predicted octanol–water partition coefficient (Wildman–Crippen LogP) is 3.98. The molecule has 10 heteroatoms. The minimum atomic E-state index is -0.975. The number of barbiturate groups is 1. The summed E-state index contributed by atoms with van der Waals surface area (Å²) in [6.07, 6.45) is 1.28. The Labute approximate surface area is 192 Å². The summed E-state index contributed by atoms with van der Waals surface area (Å²) in [6, 6.07) is 16.3. The molecule has 1 fully saturated rings. The number of amides is 4. The maximum atomic E-state index is 13.4. The second-order valence-electron chi connectivity index (χ2n) is 7.19. The lowest BCUT2D eigenvalue weighted by molar-refractivity contribution is -0.384. The Morgan fingerprint density at radius 2 is 1.74 bits per heavy atom. The molecule has 3 aromatic carbocycles. The number of urea groups is 1. The summed E-state index contributed by atoms with van der Waals surface area (Å²) in [5, 5.41) is 13.0. The number of carbonyl (C=O) groups excluding carboxylic acids is 3. The van der Waals surface area contributed by atoms with Crippen LogP contribution in [0.1, 0.15) is 11.1 Å². The van der Waals surface area contributed by atoms with Gasteiger partial charge < -0.3 is 4.74 Å². The smallest absolute Gasteiger partial charge is 0.335 e. The van der Waals surface area contributed by atoms with Gasteiger partial charge >= 0.3 is 6.03 Å². The van der Waals surface area contributed by atoms with E-state index in [1.54, 1.807) is 36.4 Å². The zero-order valence-corrected chi connectivity index (χ0v) is 17.4. The van der Waals surface area contributed by atoms with Crippen molar-refractivity contribution in [3.05, 3.63) is 105 Å². The number of hydrogen-bond donors (Lipinski definition) is 1. The van der Waals surface area contributed by atoms with E-state index < -0.39 is 28.6 Å². The molecular formula is C24H16FN3O6. The van der Waals surface area contributed by atoms with Crippen LogP contribution in [0.4, 0.5) is 20.6 Å². The van der Waals surface area contributed by atoms with Gasteiger partial charge in [0.2, 0.25) is 0 Å². The Morgan fingerprint density at radius 3 is 2.44 bits per heavy atom. The average molecular weight is 461 g/mol. The fraction of sp³-hybridized carbons (Fsp3) is 0.0417. The molecule has 1 aliphatic heterocycles. The maximum absolute atomic E-state index is 13.4. The lowest BCUT2D eigenvalue weighted by Crippen LogP contribution is -2.54. The molecule has 0 radical (unpaired) electrons. The van der Waals surface area contributed by atoms with Gasteiger partial charge in [-0.3, -0.25) is 25.0 Å². The number of nitro groups is 1. The molecule has 0 saturated carbocycles. The van der Waals surface area contributed by atoms with E-state index in [1.165, 1.54) is 30.3 Å². The maximum Gasteiger partial charge on any atom is 0.335 e. The third-order valence-electron chi connectivity index (χ3n) is 4.92. The number of rotatable bonds is 6. The molecule has 0 unspecified atom stereocenters. The van der Waals surface area contributed by atoms with Gasteiger partial charge in [0.15, 0.2) is 0 Å². The van der Waals surface area contributed by atoms with E-state index in [2.05, 4.69) is 5.32 Å². The highest BCUT2D eigenvalue weighted by atomic mass is 19.1. The van der Waals surface area contributed by atoms with Gasteiger partial charge in [-0.05, 0) is 42.0 Å². The van der Waals surface area contributed by atoms with E-state index in [0.29, 0.717) is 21.8 Å². The molecule has 34 heavy (non-hydrogen) atoms. The van der Waals surface area contributed by atoms with E-state index in [4.69, 9.17) is 4.74 Å². The second kappa shape index (κ2) is 9.33. The van der Waals surface area contributed by atoms with Crippen molar-refractivity contribution in [2.75, 3.05) is 4.90 Å². The monoisotopic (exact) mass is 461 g/mol. The van der Waals surface area contributed by atoms with Gasteiger partial charge in [0.1, 0.15) is 23.7 Å². The average Bonchev–Trinajstić information content (AvgIpc) is 2.81. The van der Waals surface area contributed by atoms with Gasteiger partial charge in [0.25, 0.3) is 17.5 Å². The largest absolute Gasteiger partial charge is 0.488 e. The lowest BCUT2D eigenvalue weighted by atomic mass is 10.1. The molecule has 170 valence electrons. The van der Waals surface area contributed by atoms with E-state index in [1.807, 2.05) is 0 Å². The van der Waals surface area contributed by atoms with Crippen molar-refractivity contribution in [1.29, 1.82) is 0 Å². The number of nitro benzene ring substituents is 1. The molecule has 1 saturated heterocycles. The number of imide groups is 2. The Balaban J connectivity index is 1.63. The van der Waals surface area contributed by atoms with Gasteiger partial charge in [-0.15, -0.1) is 0 Å². The van der Waals surface area contributed by atoms with E-state index in [9.17, 15) is 28.9 Å². The number of halogens is 1. The fourth-order valence-corrected chi connectivity index (χ4v) is 3.29. The molecule has 0 atom stereocenters. The lowest BCUT2D eigenvalue weighted by Gasteiger charge is -2.26. The zero-order valence-electron chi connectivity index (χ0n) is 17.4. The number of carbonyl (C=O) groups is 3. The van der Waals surface area contributed by atoms with E-state index in [0.717, 1.165) is 12.1 Å². The van der Waals surface area contributed by atoms with Crippen LogP contribution < -0.4 is 15.0 Å². The van der Waals surface area contributed by atoms with Crippen LogP contribution in [-0.4, -0.2) is 22.8 Å². The van der Waals surface area contributed by atoms with Crippen molar-refractivity contribution in [3.8, 4) is 5.75 Å². The van der Waals surface area contributed by atoms with Crippen molar-refractivity contribution in [2.45, 2.75) is 6.61 Å². The first-order chi connectivity index (χ1) is 16.3. The third kappa shape index (κ3) is 4.65. The predicted molar refractivity (Wildman–Crippen MR) is 119 cm³/mol. The van der Waals surface area contributed by atoms with Crippen molar-refractivity contribution >= 4 is 35.3 Å².